The van der Waals surface area contributed by atoms with E-state index >= 15 is 0 Å². The average Bonchev–Trinajstić information content (AvgIpc) is 2.53. The molecule has 1 heterocycles. The number of amides is 1. The minimum absolute atomic E-state index is 0.142. The van der Waals surface area contributed by atoms with Gasteiger partial charge in [-0.1, -0.05) is 30.3 Å². The van der Waals surface area contributed by atoms with Crippen molar-refractivity contribution in [3.8, 4) is 0 Å². The van der Waals surface area contributed by atoms with Gasteiger partial charge in [0.25, 0.3) is 0 Å². The first-order chi connectivity index (χ1) is 11.3. The Hall–Kier alpha value is -1.92. The predicted octanol–water partition coefficient (Wildman–Crippen LogP) is 1.68. The average molecular weight is 334 g/mol. The summed E-state index contributed by atoms with van der Waals surface area (Å²) < 4.78 is 10.8. The fourth-order valence-electron chi connectivity index (χ4n) is 2.49. The zero-order chi connectivity index (χ0) is 17.6. The molecule has 0 spiro atoms. The number of hydrogen-bond donors (Lipinski definition) is 2. The highest BCUT2D eigenvalue weighted by Crippen LogP contribution is 2.11. The van der Waals surface area contributed by atoms with Crippen LogP contribution >= 0.6 is 0 Å². The molecule has 1 aliphatic rings. The third-order valence-electron chi connectivity index (χ3n) is 3.56. The molecule has 0 bridgehead atoms. The fourth-order valence-corrected chi connectivity index (χ4v) is 2.49. The van der Waals surface area contributed by atoms with E-state index < -0.39 is 23.8 Å². The smallest absolute Gasteiger partial charge is 0.408 e. The number of morpholine rings is 1. The van der Waals surface area contributed by atoms with Gasteiger partial charge in [-0.3, -0.25) is 4.79 Å². The molecule has 1 fully saturated rings. The van der Waals surface area contributed by atoms with Crippen LogP contribution in [0.15, 0.2) is 30.3 Å². The highest BCUT2D eigenvalue weighted by molar-refractivity contribution is 5.91. The largest absolute Gasteiger partial charge is 0.444 e. The van der Waals surface area contributed by atoms with Crippen molar-refractivity contribution in [1.82, 2.24) is 10.6 Å². The Morgan fingerprint density at radius 1 is 1.33 bits per heavy atom. The topological polar surface area (TPSA) is 76.7 Å². The quantitative estimate of drug-likeness (QED) is 0.857. The maximum Gasteiger partial charge on any atom is 0.408 e. The highest BCUT2D eigenvalue weighted by Gasteiger charge is 2.31. The molecule has 1 aliphatic heterocycles. The minimum Gasteiger partial charge on any atom is -0.444 e. The molecular weight excluding hydrogens is 308 g/mol. The minimum atomic E-state index is -0.688. The van der Waals surface area contributed by atoms with Crippen LogP contribution in [0.25, 0.3) is 0 Å². The highest BCUT2D eigenvalue weighted by atomic mass is 16.6. The maximum absolute atomic E-state index is 12.8. The molecule has 1 amide bonds. The molecule has 0 radical (unpaired) electrons. The molecule has 6 nitrogen and oxygen atoms in total. The van der Waals surface area contributed by atoms with Crippen molar-refractivity contribution in [1.29, 1.82) is 0 Å². The molecule has 24 heavy (non-hydrogen) atoms. The van der Waals surface area contributed by atoms with E-state index in [1.807, 2.05) is 30.3 Å². The van der Waals surface area contributed by atoms with Gasteiger partial charge in [0.15, 0.2) is 5.78 Å². The maximum atomic E-state index is 12.8. The lowest BCUT2D eigenvalue weighted by Crippen LogP contribution is -2.53. The molecule has 0 aliphatic carbocycles. The first kappa shape index (κ1) is 18.4. The SMILES string of the molecule is CC(C)(C)OC(=O)N[C@@H](Cc1ccccc1)C(=O)C1CNCCO1. The van der Waals surface area contributed by atoms with Gasteiger partial charge >= 0.3 is 6.09 Å². The van der Waals surface area contributed by atoms with Crippen LogP contribution in [0.2, 0.25) is 0 Å². The van der Waals surface area contributed by atoms with Crippen LogP contribution in [0.1, 0.15) is 26.3 Å². The molecular formula is C18H26N2O4. The second-order valence-electron chi connectivity index (χ2n) is 6.85. The second-order valence-corrected chi connectivity index (χ2v) is 6.85. The van der Waals surface area contributed by atoms with Gasteiger partial charge in [-0.05, 0) is 32.8 Å². The van der Waals surface area contributed by atoms with Crippen molar-refractivity contribution in [2.75, 3.05) is 19.7 Å². The van der Waals surface area contributed by atoms with E-state index in [4.69, 9.17) is 9.47 Å². The molecule has 6 heteroatoms. The van der Waals surface area contributed by atoms with Gasteiger partial charge in [0, 0.05) is 13.1 Å². The Labute approximate surface area is 142 Å². The number of alkyl carbamates (subject to hydrolysis) is 1. The van der Waals surface area contributed by atoms with Crippen molar-refractivity contribution >= 4 is 11.9 Å². The van der Waals surface area contributed by atoms with Crippen molar-refractivity contribution in [3.05, 3.63) is 35.9 Å². The molecule has 2 N–H and O–H groups in total. The summed E-state index contributed by atoms with van der Waals surface area (Å²) in [5.41, 5.74) is 0.350. The zero-order valence-corrected chi connectivity index (χ0v) is 14.5. The van der Waals surface area contributed by atoms with Gasteiger partial charge in [0.05, 0.1) is 12.6 Å². The van der Waals surface area contributed by atoms with Gasteiger partial charge in [-0.2, -0.15) is 0 Å². The van der Waals surface area contributed by atoms with E-state index in [0.29, 0.717) is 19.6 Å². The van der Waals surface area contributed by atoms with Crippen LogP contribution in [-0.2, 0) is 20.7 Å². The summed E-state index contributed by atoms with van der Waals surface area (Å²) in [6.07, 6.45) is -0.748. The summed E-state index contributed by atoms with van der Waals surface area (Å²) in [6.45, 7) is 7.03. The lowest BCUT2D eigenvalue weighted by Gasteiger charge is -2.28. The molecule has 0 saturated carbocycles. The third kappa shape index (κ3) is 5.94. The monoisotopic (exact) mass is 334 g/mol. The van der Waals surface area contributed by atoms with Crippen LogP contribution < -0.4 is 10.6 Å². The first-order valence-electron chi connectivity index (χ1n) is 8.24. The lowest BCUT2D eigenvalue weighted by atomic mass is 9.99. The Morgan fingerprint density at radius 2 is 2.04 bits per heavy atom. The molecule has 0 aromatic heterocycles. The summed E-state index contributed by atoms with van der Waals surface area (Å²) in [4.78, 5) is 24.9. The number of ketones is 1. The van der Waals surface area contributed by atoms with Crippen molar-refractivity contribution < 1.29 is 19.1 Å². The van der Waals surface area contributed by atoms with E-state index in [1.54, 1.807) is 20.8 Å². The van der Waals surface area contributed by atoms with Gasteiger partial charge < -0.3 is 20.1 Å². The van der Waals surface area contributed by atoms with E-state index in [1.165, 1.54) is 0 Å². The van der Waals surface area contributed by atoms with E-state index in [9.17, 15) is 9.59 Å². The summed E-state index contributed by atoms with van der Waals surface area (Å²) in [7, 11) is 0. The standard InChI is InChI=1S/C18H26N2O4/c1-18(2,3)24-17(22)20-14(11-13-7-5-4-6-8-13)16(21)15-12-19-9-10-23-15/h4-8,14-15,19H,9-12H2,1-3H3,(H,20,22)/t14-,15?/m0/s1. The van der Waals surface area contributed by atoms with E-state index in [0.717, 1.165) is 12.1 Å². The summed E-state index contributed by atoms with van der Waals surface area (Å²) in [5.74, 6) is -0.142. The first-order valence-corrected chi connectivity index (χ1v) is 8.24. The van der Waals surface area contributed by atoms with E-state index in [-0.39, 0.29) is 5.78 Å². The fraction of sp³-hybridized carbons (Fsp3) is 0.556. The summed E-state index contributed by atoms with van der Waals surface area (Å²) >= 11 is 0. The Bertz CT molecular complexity index is 548. The van der Waals surface area contributed by atoms with E-state index in [2.05, 4.69) is 10.6 Å². The molecule has 2 atom stereocenters. The van der Waals surface area contributed by atoms with Crippen LogP contribution in [0.4, 0.5) is 4.79 Å². The molecule has 1 aromatic carbocycles. The Morgan fingerprint density at radius 3 is 2.62 bits per heavy atom. The number of benzene rings is 1. The number of carbonyl (C=O) groups excluding carboxylic acids is 2. The molecule has 1 saturated heterocycles. The van der Waals surface area contributed by atoms with Crippen molar-refractivity contribution in [3.63, 3.8) is 0 Å². The van der Waals surface area contributed by atoms with Gasteiger partial charge in [-0.15, -0.1) is 0 Å². The third-order valence-corrected chi connectivity index (χ3v) is 3.56. The van der Waals surface area contributed by atoms with Crippen LogP contribution in [0.5, 0.6) is 0 Å². The van der Waals surface area contributed by atoms with Crippen LogP contribution in [-0.4, -0.2) is 49.3 Å². The summed E-state index contributed by atoms with van der Waals surface area (Å²) in [6, 6.07) is 8.89. The van der Waals surface area contributed by atoms with Crippen molar-refractivity contribution in [2.45, 2.75) is 44.9 Å². The number of carbonyl (C=O) groups is 2. The Balaban J connectivity index is 2.08. The van der Waals surface area contributed by atoms with Crippen LogP contribution in [0, 0.1) is 0 Å². The molecule has 1 aromatic rings. The van der Waals surface area contributed by atoms with Crippen molar-refractivity contribution in [2.24, 2.45) is 0 Å². The second kappa shape index (κ2) is 8.26. The van der Waals surface area contributed by atoms with Crippen LogP contribution in [0.3, 0.4) is 0 Å². The number of Topliss-reactive ketones (excluding diaryl/α,β-unsaturated/α-hetero) is 1. The molecule has 1 unspecified atom stereocenters. The predicted molar refractivity (Wildman–Crippen MR) is 90.9 cm³/mol. The Kier molecular flexibility index (Phi) is 6.34. The molecule has 132 valence electrons. The zero-order valence-electron chi connectivity index (χ0n) is 14.5. The normalized spacial score (nSPS) is 19.4. The van der Waals surface area contributed by atoms with Gasteiger partial charge in [0.2, 0.25) is 0 Å². The number of ether oxygens (including phenoxy) is 2. The number of rotatable bonds is 5. The van der Waals surface area contributed by atoms with Gasteiger partial charge in [0.1, 0.15) is 11.7 Å². The van der Waals surface area contributed by atoms with Gasteiger partial charge in [-0.25, -0.2) is 4.79 Å². The molecule has 2 rings (SSSR count). The summed E-state index contributed by atoms with van der Waals surface area (Å²) in [5, 5.41) is 5.84. The lowest BCUT2D eigenvalue weighted by molar-refractivity contribution is -0.134. The number of nitrogens with one attached hydrogen (secondary N) is 2. The number of hydrogen-bond acceptors (Lipinski definition) is 5.